The van der Waals surface area contributed by atoms with Gasteiger partial charge in [0.15, 0.2) is 0 Å². The summed E-state index contributed by atoms with van der Waals surface area (Å²) in [7, 11) is 0. The van der Waals surface area contributed by atoms with E-state index < -0.39 is 0 Å². The van der Waals surface area contributed by atoms with Crippen LogP contribution in [0.1, 0.15) is 31.8 Å². The molecule has 1 atom stereocenters. The summed E-state index contributed by atoms with van der Waals surface area (Å²) >= 11 is 1.90. The highest BCUT2D eigenvalue weighted by Crippen LogP contribution is 2.21. The summed E-state index contributed by atoms with van der Waals surface area (Å²) < 4.78 is 5.61. The van der Waals surface area contributed by atoms with Crippen LogP contribution in [0.3, 0.4) is 0 Å². The van der Waals surface area contributed by atoms with Crippen molar-refractivity contribution in [1.29, 1.82) is 0 Å². The second-order valence-corrected chi connectivity index (χ2v) is 4.85. The zero-order valence-corrected chi connectivity index (χ0v) is 9.77. The molecular formula is C11H19NOS. The third kappa shape index (κ3) is 3.76. The molecule has 2 nitrogen and oxygen atoms in total. The fraction of sp³-hybridized carbons (Fsp3) is 0.636. The number of rotatable bonds is 6. The van der Waals surface area contributed by atoms with Gasteiger partial charge in [-0.05, 0) is 25.1 Å². The second kappa shape index (κ2) is 6.14. The minimum Gasteiger partial charge on any atom is -0.465 e. The van der Waals surface area contributed by atoms with Gasteiger partial charge in [-0.25, -0.2) is 0 Å². The first kappa shape index (κ1) is 11.7. The van der Waals surface area contributed by atoms with Crippen LogP contribution >= 0.6 is 11.8 Å². The van der Waals surface area contributed by atoms with Gasteiger partial charge in [-0.3, -0.25) is 0 Å². The van der Waals surface area contributed by atoms with Gasteiger partial charge in [0.05, 0.1) is 5.75 Å². The Morgan fingerprint density at radius 3 is 2.71 bits per heavy atom. The monoisotopic (exact) mass is 213 g/mol. The first-order chi connectivity index (χ1) is 6.76. The predicted molar refractivity (Wildman–Crippen MR) is 62.5 cm³/mol. The van der Waals surface area contributed by atoms with Crippen molar-refractivity contribution in [3.63, 3.8) is 0 Å². The molecule has 0 amide bonds. The molecule has 0 aliphatic heterocycles. The maximum absolute atomic E-state index is 5.61. The van der Waals surface area contributed by atoms with E-state index in [0.29, 0.717) is 5.25 Å². The van der Waals surface area contributed by atoms with E-state index in [1.54, 1.807) is 0 Å². The molecule has 0 spiro atoms. The van der Waals surface area contributed by atoms with Gasteiger partial charge in [0.2, 0.25) is 0 Å². The highest BCUT2D eigenvalue weighted by Gasteiger charge is 2.04. The van der Waals surface area contributed by atoms with Crippen molar-refractivity contribution in [2.24, 2.45) is 5.73 Å². The van der Waals surface area contributed by atoms with Crippen LogP contribution in [0.4, 0.5) is 0 Å². The molecule has 2 N–H and O–H groups in total. The van der Waals surface area contributed by atoms with Crippen LogP contribution in [-0.2, 0) is 12.2 Å². The lowest BCUT2D eigenvalue weighted by Crippen LogP contribution is -2.07. The molecule has 80 valence electrons. The molecule has 0 radical (unpaired) electrons. The van der Waals surface area contributed by atoms with Crippen molar-refractivity contribution < 1.29 is 4.42 Å². The third-order valence-electron chi connectivity index (χ3n) is 2.15. The Bertz CT molecular complexity index is 260. The van der Waals surface area contributed by atoms with Gasteiger partial charge in [0, 0.05) is 11.7 Å². The normalized spacial score (nSPS) is 13.1. The van der Waals surface area contributed by atoms with Crippen LogP contribution in [0, 0.1) is 0 Å². The van der Waals surface area contributed by atoms with E-state index in [1.807, 2.05) is 11.8 Å². The molecule has 0 aliphatic rings. The van der Waals surface area contributed by atoms with E-state index in [1.165, 1.54) is 0 Å². The lowest BCUT2D eigenvalue weighted by atomic mass is 10.3. The largest absolute Gasteiger partial charge is 0.465 e. The van der Waals surface area contributed by atoms with Crippen molar-refractivity contribution >= 4 is 11.8 Å². The van der Waals surface area contributed by atoms with Crippen molar-refractivity contribution in [3.05, 3.63) is 23.7 Å². The summed E-state index contributed by atoms with van der Waals surface area (Å²) in [6, 6.07) is 4.13. The van der Waals surface area contributed by atoms with Gasteiger partial charge < -0.3 is 10.2 Å². The number of furan rings is 1. The standard InChI is InChI=1S/C11H19NOS/c1-3-10-4-5-11(13-10)8-14-9(2)6-7-12/h4-5,9H,3,6-8,12H2,1-2H3. The molecule has 0 saturated heterocycles. The smallest absolute Gasteiger partial charge is 0.114 e. The summed E-state index contributed by atoms with van der Waals surface area (Å²) in [5.74, 6) is 3.11. The van der Waals surface area contributed by atoms with Gasteiger partial charge in [-0.2, -0.15) is 11.8 Å². The fourth-order valence-electron chi connectivity index (χ4n) is 1.23. The first-order valence-corrected chi connectivity index (χ1v) is 6.20. The van der Waals surface area contributed by atoms with Crippen LogP contribution in [0.2, 0.25) is 0 Å². The molecule has 3 heteroatoms. The Kier molecular flexibility index (Phi) is 5.12. The summed E-state index contributed by atoms with van der Waals surface area (Å²) in [4.78, 5) is 0. The molecule has 0 bridgehead atoms. The summed E-state index contributed by atoms with van der Waals surface area (Å²) in [5.41, 5.74) is 5.49. The fourth-order valence-corrected chi connectivity index (χ4v) is 2.14. The molecule has 14 heavy (non-hydrogen) atoms. The SMILES string of the molecule is CCc1ccc(CSC(C)CCN)o1. The Hall–Kier alpha value is -0.410. The van der Waals surface area contributed by atoms with Crippen molar-refractivity contribution in [1.82, 2.24) is 0 Å². The van der Waals surface area contributed by atoms with E-state index in [9.17, 15) is 0 Å². The maximum Gasteiger partial charge on any atom is 0.114 e. The molecule has 1 heterocycles. The molecule has 0 aromatic carbocycles. The Balaban J connectivity index is 2.30. The molecule has 1 rings (SSSR count). The predicted octanol–water partition coefficient (Wildman–Crippen LogP) is 2.81. The molecule has 0 fully saturated rings. The minimum atomic E-state index is 0.621. The molecule has 1 aromatic heterocycles. The quantitative estimate of drug-likeness (QED) is 0.789. The van der Waals surface area contributed by atoms with E-state index in [-0.39, 0.29) is 0 Å². The van der Waals surface area contributed by atoms with Crippen LogP contribution in [-0.4, -0.2) is 11.8 Å². The van der Waals surface area contributed by atoms with Gasteiger partial charge in [-0.15, -0.1) is 0 Å². The summed E-state index contributed by atoms with van der Waals surface area (Å²) in [5, 5.41) is 0.621. The highest BCUT2D eigenvalue weighted by atomic mass is 32.2. The molecule has 0 saturated carbocycles. The molecular weight excluding hydrogens is 194 g/mol. The van der Waals surface area contributed by atoms with E-state index in [2.05, 4.69) is 26.0 Å². The van der Waals surface area contributed by atoms with Crippen LogP contribution in [0.25, 0.3) is 0 Å². The second-order valence-electron chi connectivity index (χ2n) is 3.42. The number of aryl methyl sites for hydroxylation is 1. The van der Waals surface area contributed by atoms with Gasteiger partial charge in [0.1, 0.15) is 11.5 Å². The van der Waals surface area contributed by atoms with Gasteiger partial charge in [-0.1, -0.05) is 13.8 Å². The van der Waals surface area contributed by atoms with E-state index in [4.69, 9.17) is 10.2 Å². The number of nitrogens with two attached hydrogens (primary N) is 1. The number of hydrogen-bond donors (Lipinski definition) is 1. The number of thioether (sulfide) groups is 1. The van der Waals surface area contributed by atoms with Gasteiger partial charge >= 0.3 is 0 Å². The van der Waals surface area contributed by atoms with Crippen molar-refractivity contribution in [2.45, 2.75) is 37.7 Å². The minimum absolute atomic E-state index is 0.621. The lowest BCUT2D eigenvalue weighted by molar-refractivity contribution is 0.485. The topological polar surface area (TPSA) is 39.2 Å². The van der Waals surface area contributed by atoms with Gasteiger partial charge in [0.25, 0.3) is 0 Å². The molecule has 0 aliphatic carbocycles. The van der Waals surface area contributed by atoms with Crippen LogP contribution < -0.4 is 5.73 Å². The van der Waals surface area contributed by atoms with E-state index in [0.717, 1.165) is 36.7 Å². The Labute approximate surface area is 90.2 Å². The zero-order valence-electron chi connectivity index (χ0n) is 8.95. The third-order valence-corrected chi connectivity index (χ3v) is 3.40. The summed E-state index contributed by atoms with van der Waals surface area (Å²) in [6.07, 6.45) is 2.05. The highest BCUT2D eigenvalue weighted by molar-refractivity contribution is 7.99. The van der Waals surface area contributed by atoms with Crippen LogP contribution in [0.15, 0.2) is 16.5 Å². The first-order valence-electron chi connectivity index (χ1n) is 5.15. The molecule has 1 unspecified atom stereocenters. The Morgan fingerprint density at radius 1 is 1.43 bits per heavy atom. The Morgan fingerprint density at radius 2 is 2.14 bits per heavy atom. The zero-order chi connectivity index (χ0) is 10.4. The van der Waals surface area contributed by atoms with E-state index >= 15 is 0 Å². The molecule has 1 aromatic rings. The maximum atomic E-state index is 5.61. The lowest BCUT2D eigenvalue weighted by Gasteiger charge is -2.07. The van der Waals surface area contributed by atoms with Crippen LogP contribution in [0.5, 0.6) is 0 Å². The average Bonchev–Trinajstić information content (AvgIpc) is 2.63. The average molecular weight is 213 g/mol. The summed E-state index contributed by atoms with van der Waals surface area (Å²) in [6.45, 7) is 5.08. The van der Waals surface area contributed by atoms with Crippen molar-refractivity contribution in [3.8, 4) is 0 Å². The number of hydrogen-bond acceptors (Lipinski definition) is 3. The van der Waals surface area contributed by atoms with Crippen molar-refractivity contribution in [2.75, 3.05) is 6.54 Å².